The second-order valence-corrected chi connectivity index (χ2v) is 9.38. The molecular formula is C26H34N4O3S. The number of rotatable bonds is 12. The average Bonchev–Trinajstić information content (AvgIpc) is 2.87. The molecule has 1 heterocycles. The van der Waals surface area contributed by atoms with Crippen LogP contribution in [0.15, 0.2) is 58.5 Å². The molecule has 0 spiro atoms. The monoisotopic (exact) mass is 482 g/mol. The first kappa shape index (κ1) is 25.8. The molecule has 7 nitrogen and oxygen atoms in total. The van der Waals surface area contributed by atoms with E-state index in [1.54, 1.807) is 11.7 Å². The molecule has 1 N–H and O–H groups in total. The lowest BCUT2D eigenvalue weighted by Gasteiger charge is -2.20. The minimum Gasteiger partial charge on any atom is -0.497 e. The smallest absolute Gasteiger partial charge is 0.262 e. The van der Waals surface area contributed by atoms with E-state index in [9.17, 15) is 9.59 Å². The van der Waals surface area contributed by atoms with Crippen molar-refractivity contribution >= 4 is 28.6 Å². The summed E-state index contributed by atoms with van der Waals surface area (Å²) >= 11 is 1.33. The number of thioether (sulfide) groups is 1. The number of nitrogens with zero attached hydrogens (tertiary/aromatic N) is 3. The standard InChI is InChI=1S/C26H34N4O3S/c1-5-29(6-2)16-9-17-30-25(32)22-10-7-8-11-23(22)28-26(30)34-19(3)24(31)27-18-20-12-14-21(33-4)15-13-20/h7-8,10-15,19H,5-6,9,16-18H2,1-4H3,(H,27,31). The lowest BCUT2D eigenvalue weighted by Crippen LogP contribution is -2.32. The third-order valence-corrected chi connectivity index (χ3v) is 6.94. The van der Waals surface area contributed by atoms with Gasteiger partial charge in [-0.25, -0.2) is 4.98 Å². The third-order valence-electron chi connectivity index (χ3n) is 5.85. The number of ether oxygens (including phenoxy) is 1. The second kappa shape index (κ2) is 12.6. The zero-order valence-electron chi connectivity index (χ0n) is 20.4. The van der Waals surface area contributed by atoms with Crippen molar-refractivity contribution in [3.63, 3.8) is 0 Å². The Kier molecular flexibility index (Phi) is 9.53. The molecule has 3 aromatic rings. The van der Waals surface area contributed by atoms with Gasteiger partial charge in [-0.1, -0.05) is 49.9 Å². The fourth-order valence-electron chi connectivity index (χ4n) is 3.71. The Bertz CT molecular complexity index is 1140. The summed E-state index contributed by atoms with van der Waals surface area (Å²) in [5, 5.41) is 3.76. The van der Waals surface area contributed by atoms with Gasteiger partial charge >= 0.3 is 0 Å². The van der Waals surface area contributed by atoms with Gasteiger partial charge in [-0.15, -0.1) is 0 Å². The maximum Gasteiger partial charge on any atom is 0.262 e. The summed E-state index contributed by atoms with van der Waals surface area (Å²) in [5.74, 6) is 0.679. The molecule has 2 aromatic carbocycles. The van der Waals surface area contributed by atoms with Crippen molar-refractivity contribution < 1.29 is 9.53 Å². The number of amides is 1. The summed E-state index contributed by atoms with van der Waals surface area (Å²) in [7, 11) is 1.62. The first-order valence-electron chi connectivity index (χ1n) is 11.8. The van der Waals surface area contributed by atoms with E-state index in [4.69, 9.17) is 9.72 Å². The number of hydrogen-bond donors (Lipinski definition) is 1. The highest BCUT2D eigenvalue weighted by Crippen LogP contribution is 2.23. The number of hydrogen-bond acceptors (Lipinski definition) is 6. The number of methoxy groups -OCH3 is 1. The fourth-order valence-corrected chi connectivity index (χ4v) is 4.67. The molecule has 0 aliphatic heterocycles. The van der Waals surface area contributed by atoms with Gasteiger partial charge in [-0.2, -0.15) is 0 Å². The molecule has 1 atom stereocenters. The maximum absolute atomic E-state index is 13.3. The summed E-state index contributed by atoms with van der Waals surface area (Å²) in [6, 6.07) is 15.0. The Balaban J connectivity index is 1.74. The first-order valence-corrected chi connectivity index (χ1v) is 12.6. The van der Waals surface area contributed by atoms with Crippen LogP contribution in [-0.4, -0.2) is 52.4 Å². The predicted octanol–water partition coefficient (Wildman–Crippen LogP) is 3.93. The van der Waals surface area contributed by atoms with Gasteiger partial charge in [0.05, 0.1) is 23.3 Å². The topological polar surface area (TPSA) is 76.5 Å². The zero-order chi connectivity index (χ0) is 24.5. The summed E-state index contributed by atoms with van der Waals surface area (Å²) in [5.41, 5.74) is 1.59. The molecule has 0 fully saturated rings. The van der Waals surface area contributed by atoms with Gasteiger partial charge in [0.1, 0.15) is 5.75 Å². The highest BCUT2D eigenvalue weighted by molar-refractivity contribution is 8.00. The van der Waals surface area contributed by atoms with Crippen molar-refractivity contribution in [2.75, 3.05) is 26.7 Å². The molecular weight excluding hydrogens is 448 g/mol. The number of benzene rings is 2. The van der Waals surface area contributed by atoms with Crippen LogP contribution in [0, 0.1) is 0 Å². The molecule has 0 bridgehead atoms. The van der Waals surface area contributed by atoms with Crippen LogP contribution >= 0.6 is 11.8 Å². The fraction of sp³-hybridized carbons (Fsp3) is 0.423. The number of para-hydroxylation sites is 1. The molecule has 0 aliphatic carbocycles. The van der Waals surface area contributed by atoms with Crippen molar-refractivity contribution in [2.45, 2.75) is 50.7 Å². The van der Waals surface area contributed by atoms with E-state index in [-0.39, 0.29) is 11.5 Å². The Labute approximate surface area is 205 Å². The minimum atomic E-state index is -0.402. The molecule has 8 heteroatoms. The first-order chi connectivity index (χ1) is 16.5. The van der Waals surface area contributed by atoms with Crippen LogP contribution in [0.3, 0.4) is 0 Å². The quantitative estimate of drug-likeness (QED) is 0.311. The molecule has 0 aliphatic rings. The molecule has 0 radical (unpaired) electrons. The summed E-state index contributed by atoms with van der Waals surface area (Å²) < 4.78 is 6.90. The maximum atomic E-state index is 13.3. The van der Waals surface area contributed by atoms with Crippen LogP contribution in [0.25, 0.3) is 10.9 Å². The van der Waals surface area contributed by atoms with Crippen molar-refractivity contribution in [3.8, 4) is 5.75 Å². The molecule has 34 heavy (non-hydrogen) atoms. The van der Waals surface area contributed by atoms with Crippen LogP contribution in [0.4, 0.5) is 0 Å². The van der Waals surface area contributed by atoms with Crippen molar-refractivity contribution in [2.24, 2.45) is 0 Å². The van der Waals surface area contributed by atoms with Crippen molar-refractivity contribution in [1.82, 2.24) is 19.8 Å². The highest BCUT2D eigenvalue weighted by atomic mass is 32.2. The van der Waals surface area contributed by atoms with Gasteiger partial charge in [-0.05, 0) is 62.8 Å². The SMILES string of the molecule is CCN(CC)CCCn1c(SC(C)C(=O)NCc2ccc(OC)cc2)nc2ccccc2c1=O. The molecule has 1 unspecified atom stereocenters. The lowest BCUT2D eigenvalue weighted by molar-refractivity contribution is -0.120. The van der Waals surface area contributed by atoms with Crippen molar-refractivity contribution in [1.29, 1.82) is 0 Å². The van der Waals surface area contributed by atoms with Crippen LogP contribution in [0.1, 0.15) is 32.8 Å². The number of carbonyl (C=O) groups excluding carboxylic acids is 1. The van der Waals surface area contributed by atoms with Gasteiger partial charge in [0.25, 0.3) is 5.56 Å². The predicted molar refractivity (Wildman–Crippen MR) is 139 cm³/mol. The molecule has 0 saturated heterocycles. The molecule has 1 aromatic heterocycles. The second-order valence-electron chi connectivity index (χ2n) is 8.07. The summed E-state index contributed by atoms with van der Waals surface area (Å²) in [4.78, 5) is 33.2. The number of nitrogens with one attached hydrogen (secondary N) is 1. The zero-order valence-corrected chi connectivity index (χ0v) is 21.2. The highest BCUT2D eigenvalue weighted by Gasteiger charge is 2.19. The third kappa shape index (κ3) is 6.61. The van der Waals surface area contributed by atoms with Gasteiger partial charge in [-0.3, -0.25) is 14.2 Å². The van der Waals surface area contributed by atoms with Crippen LogP contribution in [0.2, 0.25) is 0 Å². The van der Waals surface area contributed by atoms with Crippen LogP contribution in [0.5, 0.6) is 5.75 Å². The Morgan fingerprint density at radius 1 is 1.15 bits per heavy atom. The minimum absolute atomic E-state index is 0.0570. The van der Waals surface area contributed by atoms with E-state index in [0.717, 1.165) is 37.4 Å². The van der Waals surface area contributed by atoms with E-state index < -0.39 is 5.25 Å². The Hall–Kier alpha value is -2.84. The average molecular weight is 483 g/mol. The van der Waals surface area contributed by atoms with Crippen molar-refractivity contribution in [3.05, 3.63) is 64.4 Å². The Morgan fingerprint density at radius 2 is 1.85 bits per heavy atom. The summed E-state index contributed by atoms with van der Waals surface area (Å²) in [6.45, 7) is 9.99. The van der Waals surface area contributed by atoms with E-state index in [1.807, 2.05) is 55.5 Å². The lowest BCUT2D eigenvalue weighted by atomic mass is 10.2. The summed E-state index contributed by atoms with van der Waals surface area (Å²) in [6.07, 6.45) is 0.840. The van der Waals surface area contributed by atoms with Crippen LogP contribution in [-0.2, 0) is 17.9 Å². The van der Waals surface area contributed by atoms with Crippen LogP contribution < -0.4 is 15.6 Å². The van der Waals surface area contributed by atoms with E-state index in [2.05, 4.69) is 24.1 Å². The number of carbonyl (C=O) groups is 1. The molecule has 3 rings (SSSR count). The molecule has 1 amide bonds. The largest absolute Gasteiger partial charge is 0.497 e. The van der Waals surface area contributed by atoms with E-state index in [0.29, 0.717) is 29.1 Å². The van der Waals surface area contributed by atoms with Gasteiger partial charge in [0.15, 0.2) is 5.16 Å². The number of aromatic nitrogens is 2. The normalized spacial score (nSPS) is 12.1. The molecule has 182 valence electrons. The van der Waals surface area contributed by atoms with E-state index >= 15 is 0 Å². The van der Waals surface area contributed by atoms with E-state index in [1.165, 1.54) is 11.8 Å². The number of fused-ring (bicyclic) bond motifs is 1. The van der Waals surface area contributed by atoms with Gasteiger partial charge < -0.3 is 15.0 Å². The van der Waals surface area contributed by atoms with Gasteiger partial charge in [0.2, 0.25) is 5.91 Å². The Morgan fingerprint density at radius 3 is 2.53 bits per heavy atom. The molecule has 0 saturated carbocycles. The van der Waals surface area contributed by atoms with Gasteiger partial charge in [0, 0.05) is 13.1 Å².